The van der Waals surface area contributed by atoms with Gasteiger partial charge in [0.05, 0.1) is 0 Å². The van der Waals surface area contributed by atoms with Gasteiger partial charge in [-0.15, -0.1) is 10.2 Å². The van der Waals surface area contributed by atoms with Crippen molar-refractivity contribution < 1.29 is 4.79 Å². The SMILES string of the molecule is Cc1ccn2cc(C(=O)Nc3cccc(-c4nnc5n4CCCCC5)c3)nc2c1. The van der Waals surface area contributed by atoms with Gasteiger partial charge in [-0.05, 0) is 49.6 Å². The summed E-state index contributed by atoms with van der Waals surface area (Å²) in [6.07, 6.45) is 8.14. The fourth-order valence-corrected chi connectivity index (χ4v) is 3.82. The highest BCUT2D eigenvalue weighted by atomic mass is 16.1. The lowest BCUT2D eigenvalue weighted by Crippen LogP contribution is -2.12. The Hall–Kier alpha value is -3.48. The number of amides is 1. The molecule has 7 nitrogen and oxygen atoms in total. The molecular formula is C22H22N6O. The predicted octanol–water partition coefficient (Wildman–Crippen LogP) is 3.88. The topological polar surface area (TPSA) is 77.1 Å². The Morgan fingerprint density at radius 3 is 2.97 bits per heavy atom. The summed E-state index contributed by atoms with van der Waals surface area (Å²) in [5.74, 6) is 1.68. The number of hydrogen-bond acceptors (Lipinski definition) is 4. The highest BCUT2D eigenvalue weighted by molar-refractivity contribution is 6.03. The van der Waals surface area contributed by atoms with E-state index >= 15 is 0 Å². The Morgan fingerprint density at radius 2 is 2.03 bits per heavy atom. The van der Waals surface area contributed by atoms with Gasteiger partial charge < -0.3 is 14.3 Å². The van der Waals surface area contributed by atoms with E-state index in [0.717, 1.165) is 54.2 Å². The third kappa shape index (κ3) is 3.40. The van der Waals surface area contributed by atoms with Gasteiger partial charge in [-0.2, -0.15) is 0 Å². The minimum Gasteiger partial charge on any atom is -0.321 e. The van der Waals surface area contributed by atoms with Crippen molar-refractivity contribution in [3.05, 3.63) is 65.9 Å². The summed E-state index contributed by atoms with van der Waals surface area (Å²) in [6, 6.07) is 11.7. The number of carbonyl (C=O) groups is 1. The van der Waals surface area contributed by atoms with Gasteiger partial charge in [-0.25, -0.2) is 4.98 Å². The average molecular weight is 386 g/mol. The first-order valence-electron chi connectivity index (χ1n) is 9.96. The molecule has 146 valence electrons. The lowest BCUT2D eigenvalue weighted by Gasteiger charge is -2.09. The molecule has 4 heterocycles. The zero-order chi connectivity index (χ0) is 19.8. The zero-order valence-electron chi connectivity index (χ0n) is 16.3. The predicted molar refractivity (Wildman–Crippen MR) is 111 cm³/mol. The molecule has 0 aliphatic carbocycles. The number of aryl methyl sites for hydroxylation is 2. The molecule has 5 rings (SSSR count). The van der Waals surface area contributed by atoms with Crippen LogP contribution in [0.3, 0.4) is 0 Å². The molecule has 3 aromatic heterocycles. The van der Waals surface area contributed by atoms with Crippen LogP contribution in [0.1, 0.15) is 41.1 Å². The number of benzene rings is 1. The molecule has 7 heteroatoms. The quantitative estimate of drug-likeness (QED) is 0.580. The van der Waals surface area contributed by atoms with Crippen molar-refractivity contribution in [2.45, 2.75) is 39.2 Å². The fraction of sp³-hybridized carbons (Fsp3) is 0.273. The summed E-state index contributed by atoms with van der Waals surface area (Å²) in [6.45, 7) is 2.94. The second-order valence-electron chi connectivity index (χ2n) is 7.53. The molecule has 29 heavy (non-hydrogen) atoms. The van der Waals surface area contributed by atoms with Crippen molar-refractivity contribution in [2.75, 3.05) is 5.32 Å². The minimum absolute atomic E-state index is 0.233. The molecule has 0 fully saturated rings. The maximum absolute atomic E-state index is 12.7. The molecule has 1 N–H and O–H groups in total. The first kappa shape index (κ1) is 17.6. The first-order valence-corrected chi connectivity index (χ1v) is 9.96. The van der Waals surface area contributed by atoms with Gasteiger partial charge in [-0.1, -0.05) is 18.6 Å². The molecule has 0 atom stereocenters. The third-order valence-electron chi connectivity index (χ3n) is 5.34. The van der Waals surface area contributed by atoms with Gasteiger partial charge in [-0.3, -0.25) is 4.79 Å². The summed E-state index contributed by atoms with van der Waals surface area (Å²) in [4.78, 5) is 17.2. The van der Waals surface area contributed by atoms with E-state index in [9.17, 15) is 4.79 Å². The number of rotatable bonds is 3. The van der Waals surface area contributed by atoms with E-state index in [2.05, 4.69) is 25.1 Å². The molecule has 4 aromatic rings. The van der Waals surface area contributed by atoms with Crippen LogP contribution < -0.4 is 5.32 Å². The molecule has 0 radical (unpaired) electrons. The second kappa shape index (κ2) is 7.16. The normalized spacial score (nSPS) is 13.8. The molecule has 0 saturated carbocycles. The van der Waals surface area contributed by atoms with Crippen molar-refractivity contribution in [3.63, 3.8) is 0 Å². The molecule has 1 aromatic carbocycles. The summed E-state index contributed by atoms with van der Waals surface area (Å²) < 4.78 is 4.06. The number of hydrogen-bond donors (Lipinski definition) is 1. The van der Waals surface area contributed by atoms with Crippen LogP contribution in [0.25, 0.3) is 17.0 Å². The van der Waals surface area contributed by atoms with Crippen LogP contribution in [0.5, 0.6) is 0 Å². The summed E-state index contributed by atoms with van der Waals surface area (Å²) >= 11 is 0. The van der Waals surface area contributed by atoms with Crippen LogP contribution in [-0.2, 0) is 13.0 Å². The van der Waals surface area contributed by atoms with E-state index in [-0.39, 0.29) is 5.91 Å². The monoisotopic (exact) mass is 386 g/mol. The zero-order valence-corrected chi connectivity index (χ0v) is 16.3. The Bertz CT molecular complexity index is 1210. The van der Waals surface area contributed by atoms with E-state index in [1.807, 2.05) is 53.9 Å². The van der Waals surface area contributed by atoms with Gasteiger partial charge >= 0.3 is 0 Å². The van der Waals surface area contributed by atoms with Gasteiger partial charge in [0.1, 0.15) is 17.2 Å². The molecule has 0 spiro atoms. The summed E-state index contributed by atoms with van der Waals surface area (Å²) in [5.41, 5.74) is 3.92. The third-order valence-corrected chi connectivity index (χ3v) is 5.34. The van der Waals surface area contributed by atoms with Crippen LogP contribution in [0.2, 0.25) is 0 Å². The van der Waals surface area contributed by atoms with Crippen molar-refractivity contribution in [2.24, 2.45) is 0 Å². The molecule has 1 amide bonds. The molecule has 1 aliphatic rings. The number of anilines is 1. The van der Waals surface area contributed by atoms with Crippen LogP contribution in [0.15, 0.2) is 48.8 Å². The van der Waals surface area contributed by atoms with E-state index in [1.165, 1.54) is 6.42 Å². The number of nitrogens with one attached hydrogen (secondary N) is 1. The second-order valence-corrected chi connectivity index (χ2v) is 7.53. The highest BCUT2D eigenvalue weighted by Crippen LogP contribution is 2.25. The summed E-state index contributed by atoms with van der Waals surface area (Å²) in [7, 11) is 0. The van der Waals surface area contributed by atoms with Crippen LogP contribution in [0.4, 0.5) is 5.69 Å². The van der Waals surface area contributed by atoms with Gasteiger partial charge in [0, 0.05) is 36.6 Å². The molecule has 0 saturated heterocycles. The summed E-state index contributed by atoms with van der Waals surface area (Å²) in [5, 5.41) is 11.7. The van der Waals surface area contributed by atoms with Crippen LogP contribution >= 0.6 is 0 Å². The Labute approximate surface area is 168 Å². The van der Waals surface area contributed by atoms with E-state index in [1.54, 1.807) is 6.20 Å². The maximum atomic E-state index is 12.7. The number of imidazole rings is 1. The van der Waals surface area contributed by atoms with Crippen molar-refractivity contribution in [1.82, 2.24) is 24.1 Å². The number of carbonyl (C=O) groups excluding carboxylic acids is 1. The van der Waals surface area contributed by atoms with Crippen molar-refractivity contribution >= 4 is 17.2 Å². The molecular weight excluding hydrogens is 364 g/mol. The molecule has 0 bridgehead atoms. The largest absolute Gasteiger partial charge is 0.321 e. The number of nitrogens with zero attached hydrogens (tertiary/aromatic N) is 5. The van der Waals surface area contributed by atoms with Crippen molar-refractivity contribution in [3.8, 4) is 11.4 Å². The van der Waals surface area contributed by atoms with Crippen molar-refractivity contribution in [1.29, 1.82) is 0 Å². The van der Waals surface area contributed by atoms with E-state index < -0.39 is 0 Å². The average Bonchev–Trinajstić information content (AvgIpc) is 3.25. The minimum atomic E-state index is -0.233. The fourth-order valence-electron chi connectivity index (χ4n) is 3.82. The lowest BCUT2D eigenvalue weighted by molar-refractivity contribution is 0.102. The van der Waals surface area contributed by atoms with Crippen LogP contribution in [0, 0.1) is 6.92 Å². The van der Waals surface area contributed by atoms with Gasteiger partial charge in [0.15, 0.2) is 5.82 Å². The first-order chi connectivity index (χ1) is 14.2. The smallest absolute Gasteiger partial charge is 0.275 e. The Balaban J connectivity index is 1.41. The van der Waals surface area contributed by atoms with E-state index in [4.69, 9.17) is 0 Å². The van der Waals surface area contributed by atoms with Crippen LogP contribution in [-0.4, -0.2) is 30.1 Å². The number of pyridine rings is 1. The Morgan fingerprint density at radius 1 is 1.10 bits per heavy atom. The van der Waals surface area contributed by atoms with Gasteiger partial charge in [0.2, 0.25) is 0 Å². The van der Waals surface area contributed by atoms with E-state index in [0.29, 0.717) is 11.4 Å². The molecule has 1 aliphatic heterocycles. The number of aromatic nitrogens is 5. The Kier molecular flexibility index (Phi) is 4.35. The standard InChI is InChI=1S/C22H22N6O/c1-15-9-11-27-14-18(24-20(27)12-15)22(29)23-17-7-5-6-16(13-17)21-26-25-19-8-3-2-4-10-28(19)21/h5-7,9,11-14H,2-4,8,10H2,1H3,(H,23,29). The highest BCUT2D eigenvalue weighted by Gasteiger charge is 2.17. The lowest BCUT2D eigenvalue weighted by atomic mass is 10.2. The maximum Gasteiger partial charge on any atom is 0.275 e. The molecule has 0 unspecified atom stereocenters. The number of fused-ring (bicyclic) bond motifs is 2. The van der Waals surface area contributed by atoms with Gasteiger partial charge in [0.25, 0.3) is 5.91 Å².